The van der Waals surface area contributed by atoms with E-state index in [2.05, 4.69) is 15.8 Å². The Morgan fingerprint density at radius 2 is 2.47 bits per heavy atom. The van der Waals surface area contributed by atoms with Gasteiger partial charge in [0.05, 0.1) is 11.3 Å². The normalized spacial score (nSPS) is 12.8. The van der Waals surface area contributed by atoms with Crippen molar-refractivity contribution in [2.45, 2.75) is 32.2 Å². The average Bonchev–Trinajstić information content (AvgIpc) is 2.96. The number of rotatable bonds is 6. The second-order valence-corrected chi connectivity index (χ2v) is 5.01. The van der Waals surface area contributed by atoms with Crippen LogP contribution in [0.25, 0.3) is 0 Å². The maximum absolute atomic E-state index is 5.56. The summed E-state index contributed by atoms with van der Waals surface area (Å²) in [6.07, 6.45) is 4.41. The summed E-state index contributed by atoms with van der Waals surface area (Å²) >= 11 is 1.69. The highest BCUT2D eigenvalue weighted by atomic mass is 32.1. The van der Waals surface area contributed by atoms with Crippen molar-refractivity contribution in [1.82, 2.24) is 10.4 Å². The zero-order chi connectivity index (χ0) is 12.1. The number of nitrogens with two attached hydrogens (primary N) is 1. The van der Waals surface area contributed by atoms with Crippen molar-refractivity contribution in [1.29, 1.82) is 0 Å². The summed E-state index contributed by atoms with van der Waals surface area (Å²) in [6.45, 7) is 2.01. The highest BCUT2D eigenvalue weighted by molar-refractivity contribution is 7.09. The van der Waals surface area contributed by atoms with Gasteiger partial charge in [-0.25, -0.2) is 4.98 Å². The summed E-state index contributed by atoms with van der Waals surface area (Å²) < 4.78 is 5.30. The average molecular weight is 251 g/mol. The van der Waals surface area contributed by atoms with E-state index in [-0.39, 0.29) is 6.04 Å². The Bertz CT molecular complexity index is 438. The smallest absolute Gasteiger partial charge is 0.103 e. The van der Waals surface area contributed by atoms with Gasteiger partial charge in [0, 0.05) is 30.0 Å². The van der Waals surface area contributed by atoms with Crippen molar-refractivity contribution in [3.63, 3.8) is 0 Å². The maximum Gasteiger partial charge on any atom is 0.103 e. The number of hydrogen-bond acceptors (Lipinski definition) is 5. The molecule has 0 saturated carbocycles. The Balaban J connectivity index is 1.84. The van der Waals surface area contributed by atoms with Crippen LogP contribution in [0.4, 0.5) is 0 Å². The molecule has 2 aromatic rings. The van der Waals surface area contributed by atoms with Crippen LogP contribution in [-0.2, 0) is 12.8 Å². The fourth-order valence-corrected chi connectivity index (χ4v) is 2.58. The quantitative estimate of drug-likeness (QED) is 0.609. The monoisotopic (exact) mass is 251 g/mol. The van der Waals surface area contributed by atoms with E-state index in [1.807, 2.05) is 19.1 Å². The molecule has 2 aromatic heterocycles. The molecular weight excluding hydrogens is 234 g/mol. The molecule has 2 rings (SSSR count). The highest BCUT2D eigenvalue weighted by Crippen LogP contribution is 2.13. The van der Waals surface area contributed by atoms with Crippen LogP contribution in [-0.4, -0.2) is 11.0 Å². The molecule has 0 aliphatic carbocycles. The van der Waals surface area contributed by atoms with Gasteiger partial charge >= 0.3 is 0 Å². The summed E-state index contributed by atoms with van der Waals surface area (Å²) in [7, 11) is 0. The number of thiazole rings is 1. The number of furan rings is 1. The van der Waals surface area contributed by atoms with Crippen LogP contribution in [0.15, 0.2) is 28.2 Å². The number of aromatic nitrogens is 1. The lowest BCUT2D eigenvalue weighted by molar-refractivity contribution is 0.447. The molecule has 0 aromatic carbocycles. The predicted molar refractivity (Wildman–Crippen MR) is 68.7 cm³/mol. The van der Waals surface area contributed by atoms with Crippen LogP contribution in [0, 0.1) is 6.92 Å². The summed E-state index contributed by atoms with van der Waals surface area (Å²) in [5.74, 6) is 6.56. The molecule has 0 spiro atoms. The topological polar surface area (TPSA) is 64.1 Å². The molecule has 5 heteroatoms. The van der Waals surface area contributed by atoms with Gasteiger partial charge in [-0.2, -0.15) is 0 Å². The van der Waals surface area contributed by atoms with Crippen molar-refractivity contribution in [3.8, 4) is 0 Å². The first-order valence-electron chi connectivity index (χ1n) is 5.67. The third kappa shape index (κ3) is 3.66. The van der Waals surface area contributed by atoms with Gasteiger partial charge in [-0.1, -0.05) is 0 Å². The Labute approximate surface area is 105 Å². The molecule has 0 fully saturated rings. The Kier molecular flexibility index (Phi) is 4.30. The van der Waals surface area contributed by atoms with Crippen molar-refractivity contribution >= 4 is 11.3 Å². The lowest BCUT2D eigenvalue weighted by Gasteiger charge is -2.13. The summed E-state index contributed by atoms with van der Waals surface area (Å²) in [5, 5.41) is 3.19. The molecule has 17 heavy (non-hydrogen) atoms. The van der Waals surface area contributed by atoms with Gasteiger partial charge in [0.1, 0.15) is 5.76 Å². The SMILES string of the molecule is Cc1csc(CC(CCc2ccco2)NN)n1. The minimum absolute atomic E-state index is 0.241. The molecule has 92 valence electrons. The van der Waals surface area contributed by atoms with E-state index in [0.29, 0.717) is 0 Å². The molecule has 0 radical (unpaired) electrons. The highest BCUT2D eigenvalue weighted by Gasteiger charge is 2.11. The lowest BCUT2D eigenvalue weighted by Crippen LogP contribution is -2.37. The third-order valence-electron chi connectivity index (χ3n) is 2.64. The van der Waals surface area contributed by atoms with Crippen LogP contribution in [0.3, 0.4) is 0 Å². The molecule has 2 heterocycles. The molecule has 1 unspecified atom stereocenters. The van der Waals surface area contributed by atoms with Crippen LogP contribution in [0.5, 0.6) is 0 Å². The van der Waals surface area contributed by atoms with E-state index in [1.165, 1.54) is 0 Å². The summed E-state index contributed by atoms with van der Waals surface area (Å²) in [4.78, 5) is 4.44. The molecule has 0 bridgehead atoms. The Morgan fingerprint density at radius 3 is 3.06 bits per heavy atom. The van der Waals surface area contributed by atoms with E-state index in [4.69, 9.17) is 10.3 Å². The zero-order valence-corrected chi connectivity index (χ0v) is 10.7. The second kappa shape index (κ2) is 5.95. The largest absolute Gasteiger partial charge is 0.469 e. The van der Waals surface area contributed by atoms with Gasteiger partial charge in [-0.15, -0.1) is 11.3 Å². The van der Waals surface area contributed by atoms with E-state index < -0.39 is 0 Å². The maximum atomic E-state index is 5.56. The minimum Gasteiger partial charge on any atom is -0.469 e. The number of hydrogen-bond donors (Lipinski definition) is 2. The van der Waals surface area contributed by atoms with Gasteiger partial charge in [0.25, 0.3) is 0 Å². The molecule has 1 atom stereocenters. The van der Waals surface area contributed by atoms with Crippen molar-refractivity contribution in [3.05, 3.63) is 40.2 Å². The van der Waals surface area contributed by atoms with Gasteiger partial charge in [-0.3, -0.25) is 11.3 Å². The molecule has 3 N–H and O–H groups in total. The molecule has 0 aliphatic heterocycles. The van der Waals surface area contributed by atoms with E-state index >= 15 is 0 Å². The zero-order valence-electron chi connectivity index (χ0n) is 9.85. The molecule has 0 saturated heterocycles. The molecule has 0 amide bonds. The Hall–Kier alpha value is -1.17. The van der Waals surface area contributed by atoms with Gasteiger partial charge in [0.2, 0.25) is 0 Å². The molecule has 4 nitrogen and oxygen atoms in total. The van der Waals surface area contributed by atoms with Gasteiger partial charge in [0.15, 0.2) is 0 Å². The predicted octanol–water partition coefficient (Wildman–Crippen LogP) is 2.05. The number of hydrazine groups is 1. The van der Waals surface area contributed by atoms with Crippen LogP contribution >= 0.6 is 11.3 Å². The number of nitrogens with zero attached hydrogens (tertiary/aromatic N) is 1. The summed E-state index contributed by atoms with van der Waals surface area (Å²) in [6, 6.07) is 4.14. The van der Waals surface area contributed by atoms with Gasteiger partial charge in [-0.05, 0) is 25.5 Å². The van der Waals surface area contributed by atoms with E-state index in [9.17, 15) is 0 Å². The van der Waals surface area contributed by atoms with Crippen LogP contribution in [0.2, 0.25) is 0 Å². The first-order chi connectivity index (χ1) is 8.28. The fourth-order valence-electron chi connectivity index (χ4n) is 1.72. The first-order valence-corrected chi connectivity index (χ1v) is 6.55. The minimum atomic E-state index is 0.241. The lowest BCUT2D eigenvalue weighted by atomic mass is 10.1. The molecule has 0 aliphatic rings. The van der Waals surface area contributed by atoms with Crippen LogP contribution in [0.1, 0.15) is 22.9 Å². The fraction of sp³-hybridized carbons (Fsp3) is 0.417. The number of aryl methyl sites for hydroxylation is 2. The first kappa shape index (κ1) is 12.3. The van der Waals surface area contributed by atoms with Crippen molar-refractivity contribution in [2.75, 3.05) is 0 Å². The second-order valence-electron chi connectivity index (χ2n) is 4.07. The van der Waals surface area contributed by atoms with E-state index in [1.54, 1.807) is 17.6 Å². The van der Waals surface area contributed by atoms with E-state index in [0.717, 1.165) is 35.7 Å². The Morgan fingerprint density at radius 1 is 1.59 bits per heavy atom. The van der Waals surface area contributed by atoms with Crippen molar-refractivity contribution in [2.24, 2.45) is 5.84 Å². The number of nitrogens with one attached hydrogen (secondary N) is 1. The summed E-state index contributed by atoms with van der Waals surface area (Å²) in [5.41, 5.74) is 3.92. The van der Waals surface area contributed by atoms with Crippen LogP contribution < -0.4 is 11.3 Å². The standard InChI is InChI=1S/C12H17N3OS/c1-9-8-17-12(14-9)7-10(15-13)4-5-11-3-2-6-16-11/h2-3,6,8,10,15H,4-5,7,13H2,1H3. The molecular formula is C12H17N3OS. The third-order valence-corrected chi connectivity index (χ3v) is 3.63. The van der Waals surface area contributed by atoms with Crippen molar-refractivity contribution < 1.29 is 4.42 Å². The van der Waals surface area contributed by atoms with Gasteiger partial charge < -0.3 is 4.42 Å².